The van der Waals surface area contributed by atoms with Crippen LogP contribution >= 0.6 is 0 Å². The topological polar surface area (TPSA) is 204 Å². The average Bonchev–Trinajstić information content (AvgIpc) is 2.25. The molecule has 0 amide bonds. The monoisotopic (exact) mass is 325 g/mol. The van der Waals surface area contributed by atoms with Gasteiger partial charge >= 0.3 is 11.4 Å². The Balaban J connectivity index is 0.000000690. The highest BCUT2D eigenvalue weighted by Crippen LogP contribution is 2.38. The standard InChI is InChI=1S/C6H3N3O7.CH4O3S/c10-6-4(8(13)14)1-3(7(11)12)2-5(6)9(15)16;1-5(2,3)4/h1-2,10H;1H3,(H,2,3,4). The van der Waals surface area contributed by atoms with Crippen molar-refractivity contribution in [3.63, 3.8) is 0 Å². The lowest BCUT2D eigenvalue weighted by Crippen LogP contribution is -1.97. The second kappa shape index (κ2) is 6.53. The van der Waals surface area contributed by atoms with Crippen molar-refractivity contribution in [3.8, 4) is 5.75 Å². The highest BCUT2D eigenvalue weighted by atomic mass is 32.2. The first-order valence-corrected chi connectivity index (χ1v) is 6.42. The van der Waals surface area contributed by atoms with Crippen LogP contribution in [0.5, 0.6) is 5.75 Å². The van der Waals surface area contributed by atoms with E-state index in [4.69, 9.17) is 9.66 Å². The van der Waals surface area contributed by atoms with Crippen LogP contribution in [0.15, 0.2) is 12.1 Å². The first-order chi connectivity index (χ1) is 9.34. The number of phenols is 1. The van der Waals surface area contributed by atoms with Crippen molar-refractivity contribution < 1.29 is 32.8 Å². The minimum absolute atomic E-state index is 0.447. The molecular weight excluding hydrogens is 318 g/mol. The van der Waals surface area contributed by atoms with Crippen LogP contribution in [0.2, 0.25) is 0 Å². The number of rotatable bonds is 3. The van der Waals surface area contributed by atoms with Crippen LogP contribution in [0.1, 0.15) is 0 Å². The van der Waals surface area contributed by atoms with E-state index in [-0.39, 0.29) is 0 Å². The lowest BCUT2D eigenvalue weighted by Gasteiger charge is -1.97. The van der Waals surface area contributed by atoms with Gasteiger partial charge in [-0.1, -0.05) is 0 Å². The Morgan fingerprint density at radius 2 is 1.24 bits per heavy atom. The molecule has 0 atom stereocenters. The van der Waals surface area contributed by atoms with Gasteiger partial charge in [0.2, 0.25) is 0 Å². The van der Waals surface area contributed by atoms with Gasteiger partial charge in [-0.3, -0.25) is 34.9 Å². The number of hydrogen-bond acceptors (Lipinski definition) is 9. The van der Waals surface area contributed by atoms with E-state index in [9.17, 15) is 38.8 Å². The Kier molecular flexibility index (Phi) is 5.64. The third kappa shape index (κ3) is 6.21. The Morgan fingerprint density at radius 1 is 0.952 bits per heavy atom. The third-order valence-corrected chi connectivity index (χ3v) is 1.66. The predicted molar refractivity (Wildman–Crippen MR) is 65.5 cm³/mol. The van der Waals surface area contributed by atoms with Crippen LogP contribution in [0.25, 0.3) is 0 Å². The van der Waals surface area contributed by atoms with Crippen molar-refractivity contribution in [2.24, 2.45) is 0 Å². The quantitative estimate of drug-likeness (QED) is 0.450. The average molecular weight is 325 g/mol. The molecule has 1 aromatic carbocycles. The summed E-state index contributed by atoms with van der Waals surface area (Å²) >= 11 is 0. The highest BCUT2D eigenvalue weighted by molar-refractivity contribution is 7.85. The fourth-order valence-electron chi connectivity index (χ4n) is 0.974. The van der Waals surface area contributed by atoms with Gasteiger partial charge in [0.15, 0.2) is 0 Å². The molecule has 0 bridgehead atoms. The van der Waals surface area contributed by atoms with Crippen molar-refractivity contribution in [3.05, 3.63) is 42.5 Å². The fourth-order valence-corrected chi connectivity index (χ4v) is 0.974. The van der Waals surface area contributed by atoms with Crippen molar-refractivity contribution in [2.75, 3.05) is 6.26 Å². The first-order valence-electron chi connectivity index (χ1n) is 4.57. The predicted octanol–water partition coefficient (Wildman–Crippen LogP) is 0.621. The second-order valence-corrected chi connectivity index (χ2v) is 4.80. The second-order valence-electron chi connectivity index (χ2n) is 3.34. The smallest absolute Gasteiger partial charge is 0.324 e. The van der Waals surface area contributed by atoms with Crippen molar-refractivity contribution in [1.82, 2.24) is 0 Å². The minimum Gasteiger partial charge on any atom is -0.497 e. The summed E-state index contributed by atoms with van der Waals surface area (Å²) < 4.78 is 25.9. The maximum atomic E-state index is 10.4. The lowest BCUT2D eigenvalue weighted by molar-refractivity contribution is -0.404. The zero-order valence-corrected chi connectivity index (χ0v) is 10.9. The van der Waals surface area contributed by atoms with Crippen molar-refractivity contribution in [2.45, 2.75) is 0 Å². The molecule has 0 fully saturated rings. The first kappa shape index (κ1) is 18.1. The summed E-state index contributed by atoms with van der Waals surface area (Å²) in [6.45, 7) is 0. The molecule has 116 valence electrons. The normalized spacial score (nSPS) is 10.2. The van der Waals surface area contributed by atoms with E-state index in [1.807, 2.05) is 0 Å². The van der Waals surface area contributed by atoms with E-state index in [1.165, 1.54) is 0 Å². The molecule has 0 saturated carbocycles. The number of benzene rings is 1. The lowest BCUT2D eigenvalue weighted by atomic mass is 10.2. The van der Waals surface area contributed by atoms with E-state index >= 15 is 0 Å². The Morgan fingerprint density at radius 3 is 1.43 bits per heavy atom. The SMILES string of the molecule is CS(=O)(=O)O.O=[N+]([O-])c1cc([N+](=O)[O-])c(O)c([N+](=O)[O-])c1. The summed E-state index contributed by atoms with van der Waals surface area (Å²) in [5, 5.41) is 40.2. The molecule has 0 saturated heterocycles. The molecule has 0 aliphatic heterocycles. The zero-order chi connectivity index (χ0) is 17.0. The molecular formula is C7H7N3O10S. The van der Waals surface area contributed by atoms with E-state index in [0.717, 1.165) is 0 Å². The Hall–Kier alpha value is -2.87. The van der Waals surface area contributed by atoms with Gasteiger partial charge < -0.3 is 5.11 Å². The third-order valence-electron chi connectivity index (χ3n) is 1.66. The van der Waals surface area contributed by atoms with Gasteiger partial charge in [-0.15, -0.1) is 0 Å². The van der Waals surface area contributed by atoms with Gasteiger partial charge in [-0.2, -0.15) is 8.42 Å². The van der Waals surface area contributed by atoms with Gasteiger partial charge in [-0.05, 0) is 0 Å². The van der Waals surface area contributed by atoms with Gasteiger partial charge in [0, 0.05) is 0 Å². The maximum absolute atomic E-state index is 10.4. The highest BCUT2D eigenvalue weighted by Gasteiger charge is 2.30. The maximum Gasteiger partial charge on any atom is 0.324 e. The number of non-ortho nitro benzene ring substituents is 1. The number of nitro groups is 3. The molecule has 14 heteroatoms. The zero-order valence-electron chi connectivity index (χ0n) is 10.1. The molecule has 2 N–H and O–H groups in total. The number of nitrogens with zero attached hydrogens (tertiary/aromatic N) is 3. The van der Waals surface area contributed by atoms with Crippen LogP contribution in [0.4, 0.5) is 17.1 Å². The fraction of sp³-hybridized carbons (Fsp3) is 0.143. The molecule has 0 heterocycles. The largest absolute Gasteiger partial charge is 0.497 e. The van der Waals surface area contributed by atoms with E-state index in [2.05, 4.69) is 0 Å². The summed E-state index contributed by atoms with van der Waals surface area (Å²) in [5.41, 5.74) is -3.00. The van der Waals surface area contributed by atoms with Crippen LogP contribution < -0.4 is 0 Å². The molecule has 0 unspecified atom stereocenters. The van der Waals surface area contributed by atoms with Crippen LogP contribution in [-0.4, -0.2) is 39.1 Å². The molecule has 0 radical (unpaired) electrons. The minimum atomic E-state index is -3.67. The van der Waals surface area contributed by atoms with E-state index < -0.39 is 47.7 Å². The van der Waals surface area contributed by atoms with Crippen molar-refractivity contribution >= 4 is 27.2 Å². The molecule has 1 aromatic rings. The summed E-state index contributed by atoms with van der Waals surface area (Å²) in [5.74, 6) is -1.21. The van der Waals surface area contributed by atoms with E-state index in [0.29, 0.717) is 18.4 Å². The molecule has 1 rings (SSSR count). The number of phenolic OH excluding ortho intramolecular Hbond substituents is 1. The summed E-state index contributed by atoms with van der Waals surface area (Å²) in [6, 6.07) is 0.894. The van der Waals surface area contributed by atoms with Crippen molar-refractivity contribution in [1.29, 1.82) is 0 Å². The van der Waals surface area contributed by atoms with Crippen LogP contribution in [0, 0.1) is 30.3 Å². The Labute approximate surface area is 115 Å². The molecule has 0 aliphatic carbocycles. The van der Waals surface area contributed by atoms with Crippen LogP contribution in [0.3, 0.4) is 0 Å². The molecule has 0 aromatic heterocycles. The molecule has 21 heavy (non-hydrogen) atoms. The Bertz CT molecular complexity index is 654. The molecule has 0 spiro atoms. The van der Waals surface area contributed by atoms with Gasteiger partial charge in [0.25, 0.3) is 21.6 Å². The van der Waals surface area contributed by atoms with Gasteiger partial charge in [0.05, 0.1) is 33.2 Å². The number of nitro benzene ring substituents is 3. The molecule has 13 nitrogen and oxygen atoms in total. The summed E-state index contributed by atoms with van der Waals surface area (Å²) in [6.07, 6.45) is 0.715. The number of aromatic hydroxyl groups is 1. The summed E-state index contributed by atoms with van der Waals surface area (Å²) in [7, 11) is -3.67. The number of hydrogen-bond donors (Lipinski definition) is 2. The van der Waals surface area contributed by atoms with Gasteiger partial charge in [0.1, 0.15) is 0 Å². The van der Waals surface area contributed by atoms with Crippen LogP contribution in [-0.2, 0) is 10.1 Å². The van der Waals surface area contributed by atoms with Gasteiger partial charge in [-0.25, -0.2) is 0 Å². The molecule has 0 aliphatic rings. The van der Waals surface area contributed by atoms with E-state index in [1.54, 1.807) is 0 Å². The summed E-state index contributed by atoms with van der Waals surface area (Å²) in [4.78, 5) is 27.8.